The molecule has 0 aromatic heterocycles. The lowest BCUT2D eigenvalue weighted by molar-refractivity contribution is -0.0109. The Labute approximate surface area is 136 Å². The van der Waals surface area contributed by atoms with Gasteiger partial charge in [0.15, 0.2) is 0 Å². The summed E-state index contributed by atoms with van der Waals surface area (Å²) < 4.78 is 30.4. The number of rotatable bonds is 7. The molecule has 0 atom stereocenters. The quantitative estimate of drug-likeness (QED) is 0.430. The average molecular weight is 326 g/mol. The third-order valence-corrected chi connectivity index (χ3v) is 3.65. The summed E-state index contributed by atoms with van der Waals surface area (Å²) in [7, 11) is 1.92. The Hall–Kier alpha value is -1.98. The fraction of sp³-hybridized carbons (Fsp3) is 0.529. The fourth-order valence-corrected chi connectivity index (χ4v) is 1.81. The molecule has 0 aliphatic heterocycles. The second kappa shape index (κ2) is 8.04. The highest BCUT2D eigenvalue weighted by Crippen LogP contribution is 2.25. The molecular formula is C17H24F2N2O2. The molecule has 0 N–H and O–H groups in total. The van der Waals surface area contributed by atoms with E-state index in [9.17, 15) is 13.6 Å². The van der Waals surface area contributed by atoms with Gasteiger partial charge in [0.2, 0.25) is 5.92 Å². The molecule has 0 aliphatic rings. The molecule has 0 saturated carbocycles. The maximum Gasteiger partial charge on any atom is 0.338 e. The molecule has 0 spiro atoms. The SMILES string of the molecule is CCN(C)/C=N/c1ccc(C(=O)OCCC(C)(F)F)c(C)c1C. The van der Waals surface area contributed by atoms with Crippen LogP contribution in [0.25, 0.3) is 0 Å². The summed E-state index contributed by atoms with van der Waals surface area (Å²) in [6.07, 6.45) is 1.24. The molecule has 0 aliphatic carbocycles. The number of nitrogens with zero attached hydrogens (tertiary/aromatic N) is 2. The maximum absolute atomic E-state index is 12.7. The second-order valence-electron chi connectivity index (χ2n) is 5.66. The topological polar surface area (TPSA) is 41.9 Å². The Morgan fingerprint density at radius 3 is 2.57 bits per heavy atom. The molecule has 0 amide bonds. The smallest absolute Gasteiger partial charge is 0.338 e. The molecule has 1 aromatic rings. The Morgan fingerprint density at radius 1 is 1.35 bits per heavy atom. The van der Waals surface area contributed by atoms with E-state index >= 15 is 0 Å². The van der Waals surface area contributed by atoms with Crippen molar-refractivity contribution in [2.24, 2.45) is 4.99 Å². The van der Waals surface area contributed by atoms with E-state index in [2.05, 4.69) is 4.99 Å². The van der Waals surface area contributed by atoms with Crippen LogP contribution in [0, 0.1) is 13.8 Å². The number of esters is 1. The lowest BCUT2D eigenvalue weighted by Crippen LogP contribution is -2.16. The Bertz CT molecular complexity index is 581. The summed E-state index contributed by atoms with van der Waals surface area (Å²) in [5.41, 5.74) is 2.75. The zero-order valence-electron chi connectivity index (χ0n) is 14.3. The number of alkyl halides is 2. The van der Waals surface area contributed by atoms with Gasteiger partial charge in [-0.25, -0.2) is 18.6 Å². The van der Waals surface area contributed by atoms with Crippen LogP contribution in [0.1, 0.15) is 41.8 Å². The molecule has 6 heteroatoms. The largest absolute Gasteiger partial charge is 0.462 e. The first kappa shape index (κ1) is 19.1. The fourth-order valence-electron chi connectivity index (χ4n) is 1.81. The highest BCUT2D eigenvalue weighted by atomic mass is 19.3. The van der Waals surface area contributed by atoms with Gasteiger partial charge < -0.3 is 9.64 Å². The van der Waals surface area contributed by atoms with E-state index in [0.717, 1.165) is 30.3 Å². The molecule has 128 valence electrons. The van der Waals surface area contributed by atoms with E-state index in [1.165, 1.54) is 0 Å². The van der Waals surface area contributed by atoms with Crippen LogP contribution in [0.5, 0.6) is 0 Å². The van der Waals surface area contributed by atoms with Crippen molar-refractivity contribution in [1.29, 1.82) is 0 Å². The van der Waals surface area contributed by atoms with Crippen LogP contribution in [-0.2, 0) is 4.74 Å². The number of hydrogen-bond donors (Lipinski definition) is 0. The van der Waals surface area contributed by atoms with Gasteiger partial charge in [0, 0.05) is 20.0 Å². The van der Waals surface area contributed by atoms with Gasteiger partial charge in [0.25, 0.3) is 0 Å². The highest BCUT2D eigenvalue weighted by Gasteiger charge is 2.22. The van der Waals surface area contributed by atoms with Crippen LogP contribution in [0.4, 0.5) is 14.5 Å². The second-order valence-corrected chi connectivity index (χ2v) is 5.66. The molecule has 23 heavy (non-hydrogen) atoms. The average Bonchev–Trinajstić information content (AvgIpc) is 2.46. The molecule has 4 nitrogen and oxygen atoms in total. The summed E-state index contributed by atoms with van der Waals surface area (Å²) in [5, 5.41) is 0. The van der Waals surface area contributed by atoms with Gasteiger partial charge in [-0.1, -0.05) is 0 Å². The van der Waals surface area contributed by atoms with E-state index < -0.39 is 18.3 Å². The minimum Gasteiger partial charge on any atom is -0.462 e. The van der Waals surface area contributed by atoms with Crippen molar-refractivity contribution in [1.82, 2.24) is 4.90 Å². The predicted molar refractivity (Wildman–Crippen MR) is 87.9 cm³/mol. The molecule has 0 unspecified atom stereocenters. The molecule has 0 heterocycles. The number of benzene rings is 1. The van der Waals surface area contributed by atoms with Crippen molar-refractivity contribution in [2.75, 3.05) is 20.2 Å². The number of ether oxygens (including phenoxy) is 1. The van der Waals surface area contributed by atoms with Crippen molar-refractivity contribution in [3.63, 3.8) is 0 Å². The first-order valence-electron chi connectivity index (χ1n) is 7.55. The van der Waals surface area contributed by atoms with Gasteiger partial charge in [-0.3, -0.25) is 0 Å². The maximum atomic E-state index is 12.7. The van der Waals surface area contributed by atoms with Gasteiger partial charge in [-0.2, -0.15) is 0 Å². The van der Waals surface area contributed by atoms with Crippen LogP contribution in [0.15, 0.2) is 17.1 Å². The Morgan fingerprint density at radius 2 is 2.00 bits per heavy atom. The zero-order chi connectivity index (χ0) is 17.6. The van der Waals surface area contributed by atoms with Crippen LogP contribution < -0.4 is 0 Å². The van der Waals surface area contributed by atoms with Crippen molar-refractivity contribution in [3.8, 4) is 0 Å². The van der Waals surface area contributed by atoms with Crippen molar-refractivity contribution in [3.05, 3.63) is 28.8 Å². The number of halogens is 2. The van der Waals surface area contributed by atoms with E-state index in [4.69, 9.17) is 4.74 Å². The Balaban J connectivity index is 2.84. The van der Waals surface area contributed by atoms with Crippen LogP contribution in [-0.4, -0.2) is 43.3 Å². The Kier molecular flexibility index (Phi) is 6.66. The monoisotopic (exact) mass is 326 g/mol. The molecule has 0 fully saturated rings. The van der Waals surface area contributed by atoms with Gasteiger partial charge in [0.1, 0.15) is 0 Å². The zero-order valence-corrected chi connectivity index (χ0v) is 14.3. The first-order valence-corrected chi connectivity index (χ1v) is 7.55. The van der Waals surface area contributed by atoms with Gasteiger partial charge >= 0.3 is 5.97 Å². The lowest BCUT2D eigenvalue weighted by atomic mass is 10.0. The summed E-state index contributed by atoms with van der Waals surface area (Å²) in [6.45, 7) is 7.02. The van der Waals surface area contributed by atoms with Crippen molar-refractivity contribution in [2.45, 2.75) is 40.0 Å². The minimum absolute atomic E-state index is 0.304. The molecule has 1 rings (SSSR count). The molecule has 0 bridgehead atoms. The first-order chi connectivity index (χ1) is 10.7. The van der Waals surface area contributed by atoms with Gasteiger partial charge in [-0.15, -0.1) is 0 Å². The van der Waals surface area contributed by atoms with Crippen molar-refractivity contribution >= 4 is 18.0 Å². The minimum atomic E-state index is -2.84. The predicted octanol–water partition coefficient (Wildman–Crippen LogP) is 4.12. The molecule has 1 aromatic carbocycles. The van der Waals surface area contributed by atoms with Gasteiger partial charge in [-0.05, 0) is 51.0 Å². The van der Waals surface area contributed by atoms with Crippen LogP contribution in [0.3, 0.4) is 0 Å². The number of carbonyl (C=O) groups excluding carboxylic acids is 1. The number of hydrogen-bond acceptors (Lipinski definition) is 3. The van der Waals surface area contributed by atoms with E-state index in [0.29, 0.717) is 5.56 Å². The third kappa shape index (κ3) is 5.96. The third-order valence-electron chi connectivity index (χ3n) is 3.65. The summed E-state index contributed by atoms with van der Waals surface area (Å²) in [4.78, 5) is 18.3. The van der Waals surface area contributed by atoms with Gasteiger partial charge in [0.05, 0.1) is 24.2 Å². The summed E-state index contributed by atoms with van der Waals surface area (Å²) in [5.74, 6) is -3.43. The van der Waals surface area contributed by atoms with E-state index in [1.54, 1.807) is 25.4 Å². The number of aliphatic imine (C=N–C) groups is 1. The normalized spacial score (nSPS) is 11.8. The molecule has 0 saturated heterocycles. The van der Waals surface area contributed by atoms with Crippen LogP contribution in [0.2, 0.25) is 0 Å². The molecule has 0 radical (unpaired) electrons. The van der Waals surface area contributed by atoms with E-state index in [-0.39, 0.29) is 6.61 Å². The lowest BCUT2D eigenvalue weighted by Gasteiger charge is -2.13. The summed E-state index contributed by atoms with van der Waals surface area (Å²) in [6, 6.07) is 3.35. The summed E-state index contributed by atoms with van der Waals surface area (Å²) >= 11 is 0. The molecular weight excluding hydrogens is 302 g/mol. The standard InChI is InChI=1S/C17H24F2N2O2/c1-6-21(5)11-20-15-8-7-14(12(2)13(15)3)16(22)23-10-9-17(4,18)19/h7-8,11H,6,9-10H2,1-5H3/b20-11+. The highest BCUT2D eigenvalue weighted by molar-refractivity contribution is 5.92. The van der Waals surface area contributed by atoms with Crippen molar-refractivity contribution < 1.29 is 18.3 Å². The number of carbonyl (C=O) groups is 1. The van der Waals surface area contributed by atoms with E-state index in [1.807, 2.05) is 25.8 Å². The van der Waals surface area contributed by atoms with Crippen LogP contribution >= 0.6 is 0 Å².